The van der Waals surface area contributed by atoms with Crippen molar-refractivity contribution in [3.05, 3.63) is 34.6 Å². The van der Waals surface area contributed by atoms with Crippen molar-refractivity contribution in [2.45, 2.75) is 19.0 Å². The number of carbonyl (C=O) groups excluding carboxylic acids is 1. The van der Waals surface area contributed by atoms with E-state index in [-0.39, 0.29) is 13.0 Å². The average Bonchev–Trinajstić information content (AvgIpc) is 2.55. The number of carbonyl (C=O) groups is 1. The highest BCUT2D eigenvalue weighted by Crippen LogP contribution is 2.24. The molecule has 1 aromatic carbocycles. The number of rotatable bonds is 7. The summed E-state index contributed by atoms with van der Waals surface area (Å²) in [6, 6.07) is 0.407. The van der Waals surface area contributed by atoms with Gasteiger partial charge in [-0.05, 0) is 19.0 Å². The zero-order valence-electron chi connectivity index (χ0n) is 12.6. The Balaban J connectivity index is 2.77. The van der Waals surface area contributed by atoms with Crippen molar-refractivity contribution in [1.82, 2.24) is 0 Å². The van der Waals surface area contributed by atoms with Gasteiger partial charge in [0.1, 0.15) is 5.56 Å². The fourth-order valence-electron chi connectivity index (χ4n) is 1.70. The van der Waals surface area contributed by atoms with E-state index in [1.807, 2.05) is 0 Å². The Hall–Kier alpha value is -1.52. The van der Waals surface area contributed by atoms with E-state index >= 15 is 0 Å². The summed E-state index contributed by atoms with van der Waals surface area (Å²) in [4.78, 5) is 11.6. The molecule has 0 bridgehead atoms. The highest BCUT2D eigenvalue weighted by molar-refractivity contribution is 6.65. The molecule has 0 aromatic heterocycles. The third-order valence-corrected chi connectivity index (χ3v) is 6.27. The van der Waals surface area contributed by atoms with Gasteiger partial charge in [-0.1, -0.05) is 0 Å². The zero-order chi connectivity index (χ0) is 17.8. The van der Waals surface area contributed by atoms with E-state index in [4.69, 9.17) is 8.85 Å². The molecule has 0 atom stereocenters. The molecule has 0 N–H and O–H groups in total. The van der Waals surface area contributed by atoms with Gasteiger partial charge in [0.05, 0.1) is 6.61 Å². The monoisotopic (exact) mass is 358 g/mol. The van der Waals surface area contributed by atoms with Crippen LogP contribution in [0.4, 0.5) is 22.0 Å². The lowest BCUT2D eigenvalue weighted by Gasteiger charge is -2.22. The molecule has 1 rings (SSSR count). The summed E-state index contributed by atoms with van der Waals surface area (Å²) in [7, 11) is 0.505. The molecule has 1 aromatic rings. The molecule has 0 aliphatic rings. The number of esters is 1. The van der Waals surface area contributed by atoms with E-state index in [0.29, 0.717) is 6.04 Å². The number of ether oxygens (including phenoxy) is 1. The first-order chi connectivity index (χ1) is 10.7. The normalized spacial score (nSPS) is 11.7. The third kappa shape index (κ3) is 4.27. The standard InChI is InChI=1S/C13H15F5O4Si/c1-20-23(3,21-2)6-4-5-22-13(19)7-8(14)10(16)12(18)11(17)9(7)15/h4-6H2,1-3H3. The van der Waals surface area contributed by atoms with Gasteiger partial charge in [-0.2, -0.15) is 0 Å². The molecule has 0 amide bonds. The third-order valence-electron chi connectivity index (χ3n) is 3.29. The molecule has 0 aliphatic carbocycles. The first kappa shape index (κ1) is 19.5. The van der Waals surface area contributed by atoms with E-state index in [1.165, 1.54) is 14.2 Å². The molecular weight excluding hydrogens is 343 g/mol. The topological polar surface area (TPSA) is 44.8 Å². The van der Waals surface area contributed by atoms with Crippen molar-refractivity contribution in [3.8, 4) is 0 Å². The lowest BCUT2D eigenvalue weighted by Crippen LogP contribution is -2.36. The number of hydrogen-bond donors (Lipinski definition) is 0. The summed E-state index contributed by atoms with van der Waals surface area (Å²) in [5, 5.41) is 0. The highest BCUT2D eigenvalue weighted by Gasteiger charge is 2.31. The summed E-state index contributed by atoms with van der Waals surface area (Å²) in [5.74, 6) is -12.8. The average molecular weight is 358 g/mol. The van der Waals surface area contributed by atoms with Crippen LogP contribution in [-0.2, 0) is 13.6 Å². The van der Waals surface area contributed by atoms with Crippen LogP contribution >= 0.6 is 0 Å². The van der Waals surface area contributed by atoms with Crippen LogP contribution in [0.25, 0.3) is 0 Å². The second-order valence-electron chi connectivity index (χ2n) is 4.73. The van der Waals surface area contributed by atoms with Gasteiger partial charge in [0.15, 0.2) is 23.3 Å². The van der Waals surface area contributed by atoms with Gasteiger partial charge in [0.25, 0.3) is 0 Å². The van der Waals surface area contributed by atoms with Gasteiger partial charge in [0.2, 0.25) is 5.82 Å². The van der Waals surface area contributed by atoms with Gasteiger partial charge < -0.3 is 13.6 Å². The predicted octanol–water partition coefficient (Wildman–Crippen LogP) is 3.29. The van der Waals surface area contributed by atoms with Crippen molar-refractivity contribution in [2.75, 3.05) is 20.8 Å². The van der Waals surface area contributed by atoms with Crippen LogP contribution in [0, 0.1) is 29.1 Å². The maximum absolute atomic E-state index is 13.4. The largest absolute Gasteiger partial charge is 0.462 e. The minimum absolute atomic E-state index is 0.242. The minimum Gasteiger partial charge on any atom is -0.462 e. The van der Waals surface area contributed by atoms with Crippen LogP contribution < -0.4 is 0 Å². The maximum Gasteiger partial charge on any atom is 0.344 e. The van der Waals surface area contributed by atoms with Crippen LogP contribution in [-0.4, -0.2) is 35.4 Å². The van der Waals surface area contributed by atoms with Crippen LogP contribution in [0.5, 0.6) is 0 Å². The van der Waals surface area contributed by atoms with E-state index in [1.54, 1.807) is 6.55 Å². The second-order valence-corrected chi connectivity index (χ2v) is 8.31. The predicted molar refractivity (Wildman–Crippen MR) is 71.6 cm³/mol. The molecule has 23 heavy (non-hydrogen) atoms. The molecular formula is C13H15F5O4Si. The summed E-state index contributed by atoms with van der Waals surface area (Å²) in [6.45, 7) is 1.46. The molecule has 0 fully saturated rings. The zero-order valence-corrected chi connectivity index (χ0v) is 13.6. The van der Waals surface area contributed by atoms with Crippen LogP contribution in [0.1, 0.15) is 16.8 Å². The Morgan fingerprint density at radius 3 is 1.78 bits per heavy atom. The molecule has 0 aliphatic heterocycles. The van der Waals surface area contributed by atoms with E-state index < -0.39 is 49.2 Å². The SMILES string of the molecule is CO[Si](C)(CCCOC(=O)c1c(F)c(F)c(F)c(F)c1F)OC. The molecule has 10 heteroatoms. The Kier molecular flexibility index (Phi) is 6.65. The van der Waals surface area contributed by atoms with Crippen molar-refractivity contribution < 1.29 is 40.3 Å². The Morgan fingerprint density at radius 2 is 1.35 bits per heavy atom. The summed E-state index contributed by atoms with van der Waals surface area (Å²) < 4.78 is 80.6. The van der Waals surface area contributed by atoms with Gasteiger partial charge in [-0.15, -0.1) is 0 Å². The molecule has 0 spiro atoms. The molecule has 0 saturated carbocycles. The van der Waals surface area contributed by atoms with Crippen LogP contribution in [0.15, 0.2) is 0 Å². The quantitative estimate of drug-likeness (QED) is 0.187. The number of hydrogen-bond acceptors (Lipinski definition) is 4. The molecule has 0 unspecified atom stereocenters. The van der Waals surface area contributed by atoms with E-state index in [0.717, 1.165) is 0 Å². The Morgan fingerprint density at radius 1 is 0.913 bits per heavy atom. The van der Waals surface area contributed by atoms with Crippen molar-refractivity contribution in [1.29, 1.82) is 0 Å². The number of benzene rings is 1. The highest BCUT2D eigenvalue weighted by atomic mass is 28.4. The van der Waals surface area contributed by atoms with Crippen LogP contribution in [0.3, 0.4) is 0 Å². The van der Waals surface area contributed by atoms with Crippen molar-refractivity contribution >= 4 is 14.5 Å². The summed E-state index contributed by atoms with van der Waals surface area (Å²) >= 11 is 0. The lowest BCUT2D eigenvalue weighted by atomic mass is 10.1. The number of halogens is 5. The smallest absolute Gasteiger partial charge is 0.344 e. The Bertz CT molecular complexity index is 563. The first-order valence-electron chi connectivity index (χ1n) is 6.47. The van der Waals surface area contributed by atoms with Crippen LogP contribution in [0.2, 0.25) is 12.6 Å². The first-order valence-corrected chi connectivity index (χ1v) is 8.99. The van der Waals surface area contributed by atoms with Gasteiger partial charge in [-0.3, -0.25) is 0 Å². The fraction of sp³-hybridized carbons (Fsp3) is 0.462. The van der Waals surface area contributed by atoms with E-state index in [2.05, 4.69) is 4.74 Å². The lowest BCUT2D eigenvalue weighted by molar-refractivity contribution is 0.0487. The van der Waals surface area contributed by atoms with Crippen molar-refractivity contribution in [3.63, 3.8) is 0 Å². The molecule has 0 heterocycles. The van der Waals surface area contributed by atoms with Gasteiger partial charge in [0, 0.05) is 14.2 Å². The molecule has 4 nitrogen and oxygen atoms in total. The van der Waals surface area contributed by atoms with E-state index in [9.17, 15) is 26.7 Å². The molecule has 0 saturated heterocycles. The maximum atomic E-state index is 13.4. The fourth-order valence-corrected chi connectivity index (χ4v) is 3.06. The second kappa shape index (κ2) is 7.84. The molecule has 0 radical (unpaired) electrons. The minimum atomic E-state index is -2.40. The summed E-state index contributed by atoms with van der Waals surface area (Å²) in [6.07, 6.45) is 0.242. The Labute approximate surface area is 130 Å². The van der Waals surface area contributed by atoms with Crippen molar-refractivity contribution in [2.24, 2.45) is 0 Å². The van der Waals surface area contributed by atoms with Gasteiger partial charge >= 0.3 is 14.5 Å². The summed E-state index contributed by atoms with van der Waals surface area (Å²) in [5.41, 5.74) is -1.61. The molecule has 130 valence electrons. The van der Waals surface area contributed by atoms with Gasteiger partial charge in [-0.25, -0.2) is 26.7 Å².